The Labute approximate surface area is 156 Å². The molecular weight excluding hydrogens is 352 g/mol. The van der Waals surface area contributed by atoms with E-state index in [0.29, 0.717) is 29.0 Å². The number of halogens is 2. The Morgan fingerprint density at radius 2 is 1.93 bits per heavy atom. The molecule has 0 unspecified atom stereocenters. The molecule has 1 N–H and O–H groups in total. The molecule has 0 radical (unpaired) electrons. The Morgan fingerprint density at radius 3 is 2.56 bits per heavy atom. The number of nitrogens with one attached hydrogen (secondary N) is 1. The molecule has 0 aliphatic heterocycles. The second-order valence-corrected chi connectivity index (χ2v) is 6.29. The van der Waals surface area contributed by atoms with E-state index < -0.39 is 6.61 Å². The van der Waals surface area contributed by atoms with E-state index >= 15 is 0 Å². The number of benzene rings is 2. The summed E-state index contributed by atoms with van der Waals surface area (Å²) in [5.74, 6) is 0.567. The lowest BCUT2D eigenvalue weighted by Gasteiger charge is -2.18. The minimum Gasteiger partial charge on any atom is -0.497 e. The maximum atomic E-state index is 12.8. The first-order chi connectivity index (χ1) is 13.1. The average Bonchev–Trinajstić information content (AvgIpc) is 2.69. The van der Waals surface area contributed by atoms with Gasteiger partial charge in [-0.1, -0.05) is 24.3 Å². The van der Waals surface area contributed by atoms with E-state index in [1.165, 1.54) is 6.07 Å². The molecule has 2 aromatic carbocycles. The first-order valence-corrected chi connectivity index (χ1v) is 8.76. The van der Waals surface area contributed by atoms with Crippen LogP contribution in [-0.4, -0.2) is 19.6 Å². The lowest BCUT2D eigenvalue weighted by molar-refractivity contribution is -0.120. The minimum atomic E-state index is -2.93. The molecule has 3 rings (SSSR count). The number of rotatable bonds is 6. The molecule has 142 valence electrons. The van der Waals surface area contributed by atoms with Crippen molar-refractivity contribution in [2.24, 2.45) is 5.92 Å². The average molecular weight is 373 g/mol. The number of methoxy groups -OCH3 is 1. The zero-order chi connectivity index (χ0) is 19.2. The molecule has 0 spiro atoms. The zero-order valence-electron chi connectivity index (χ0n) is 15.0. The van der Waals surface area contributed by atoms with Crippen LogP contribution in [0.3, 0.4) is 0 Å². The molecular formula is C21H21F2NO3. The summed E-state index contributed by atoms with van der Waals surface area (Å²) in [6, 6.07) is 11.6. The Balaban J connectivity index is 1.87. The van der Waals surface area contributed by atoms with Gasteiger partial charge in [0.15, 0.2) is 0 Å². The van der Waals surface area contributed by atoms with Crippen LogP contribution in [0, 0.1) is 5.92 Å². The lowest BCUT2D eigenvalue weighted by Crippen LogP contribution is -2.23. The van der Waals surface area contributed by atoms with Gasteiger partial charge in [-0.2, -0.15) is 8.78 Å². The predicted octanol–water partition coefficient (Wildman–Crippen LogP) is 5.26. The Kier molecular flexibility index (Phi) is 6.06. The number of carbonyl (C=O) groups excluding carboxylic acids is 1. The summed E-state index contributed by atoms with van der Waals surface area (Å²) in [6.07, 6.45) is 6.48. The Bertz CT molecular complexity index is 819. The standard InChI is InChI=1S/C21H21F2NO3/c1-26-17-10-7-14(8-11-17)18-13-16(9-12-19(18)27-21(22)23)24-20(25)15-5-3-2-4-6-15/h2-3,7-13,15,21H,4-6H2,1H3,(H,24,25)/t15-/m0/s1. The van der Waals surface area contributed by atoms with Crippen molar-refractivity contribution in [1.29, 1.82) is 0 Å². The number of anilines is 1. The van der Waals surface area contributed by atoms with Crippen molar-refractivity contribution >= 4 is 11.6 Å². The molecule has 2 aromatic rings. The minimum absolute atomic E-state index is 0.0498. The van der Waals surface area contributed by atoms with Crippen molar-refractivity contribution in [3.63, 3.8) is 0 Å². The van der Waals surface area contributed by atoms with E-state index in [1.807, 2.05) is 6.08 Å². The third-order valence-corrected chi connectivity index (χ3v) is 4.50. The summed E-state index contributed by atoms with van der Waals surface area (Å²) in [6.45, 7) is -2.93. The lowest BCUT2D eigenvalue weighted by atomic mass is 9.93. The molecule has 0 saturated carbocycles. The van der Waals surface area contributed by atoms with Crippen LogP contribution in [0.5, 0.6) is 11.5 Å². The molecule has 0 heterocycles. The van der Waals surface area contributed by atoms with Crippen LogP contribution < -0.4 is 14.8 Å². The van der Waals surface area contributed by atoms with E-state index in [-0.39, 0.29) is 17.6 Å². The summed E-state index contributed by atoms with van der Waals surface area (Å²) >= 11 is 0. The molecule has 0 saturated heterocycles. The van der Waals surface area contributed by atoms with Crippen molar-refractivity contribution < 1.29 is 23.0 Å². The van der Waals surface area contributed by atoms with Crippen molar-refractivity contribution in [1.82, 2.24) is 0 Å². The molecule has 6 heteroatoms. The van der Waals surface area contributed by atoms with E-state index in [1.54, 1.807) is 43.5 Å². The molecule has 1 aliphatic rings. The monoisotopic (exact) mass is 373 g/mol. The maximum absolute atomic E-state index is 12.8. The fourth-order valence-corrected chi connectivity index (χ4v) is 3.08. The highest BCUT2D eigenvalue weighted by atomic mass is 19.3. The van der Waals surface area contributed by atoms with Gasteiger partial charge in [0.2, 0.25) is 5.91 Å². The van der Waals surface area contributed by atoms with Crippen LogP contribution in [0.25, 0.3) is 11.1 Å². The van der Waals surface area contributed by atoms with Crippen LogP contribution in [0.1, 0.15) is 19.3 Å². The number of alkyl halides is 2. The molecule has 1 aliphatic carbocycles. The summed E-state index contributed by atoms with van der Waals surface area (Å²) in [7, 11) is 1.55. The second-order valence-electron chi connectivity index (χ2n) is 6.29. The largest absolute Gasteiger partial charge is 0.497 e. The molecule has 1 atom stereocenters. The number of allylic oxidation sites excluding steroid dienone is 2. The smallest absolute Gasteiger partial charge is 0.387 e. The summed E-state index contributed by atoms with van der Waals surface area (Å²) in [4.78, 5) is 12.4. The van der Waals surface area contributed by atoms with Crippen LogP contribution in [0.15, 0.2) is 54.6 Å². The van der Waals surface area contributed by atoms with Crippen LogP contribution in [-0.2, 0) is 4.79 Å². The van der Waals surface area contributed by atoms with Crippen LogP contribution >= 0.6 is 0 Å². The van der Waals surface area contributed by atoms with Gasteiger partial charge >= 0.3 is 6.61 Å². The molecule has 0 bridgehead atoms. The topological polar surface area (TPSA) is 47.6 Å². The molecule has 27 heavy (non-hydrogen) atoms. The quantitative estimate of drug-likeness (QED) is 0.703. The van der Waals surface area contributed by atoms with Crippen molar-refractivity contribution in [3.05, 3.63) is 54.6 Å². The van der Waals surface area contributed by atoms with Gasteiger partial charge in [0.05, 0.1) is 7.11 Å². The number of carbonyl (C=O) groups is 1. The summed E-state index contributed by atoms with van der Waals surface area (Å²) < 4.78 is 35.3. The number of hydrogen-bond acceptors (Lipinski definition) is 3. The van der Waals surface area contributed by atoms with E-state index in [2.05, 4.69) is 16.1 Å². The SMILES string of the molecule is COc1ccc(-c2cc(NC(=O)[C@H]3CC=CCC3)ccc2OC(F)F)cc1. The number of hydrogen-bond donors (Lipinski definition) is 1. The highest BCUT2D eigenvalue weighted by Crippen LogP contribution is 2.35. The molecule has 0 fully saturated rings. The Morgan fingerprint density at radius 1 is 1.15 bits per heavy atom. The first kappa shape index (κ1) is 18.9. The maximum Gasteiger partial charge on any atom is 0.387 e. The first-order valence-electron chi connectivity index (χ1n) is 8.76. The normalized spacial score (nSPS) is 16.2. The molecule has 4 nitrogen and oxygen atoms in total. The zero-order valence-corrected chi connectivity index (χ0v) is 15.0. The van der Waals surface area contributed by atoms with Crippen molar-refractivity contribution in [2.45, 2.75) is 25.9 Å². The second kappa shape index (κ2) is 8.66. The summed E-state index contributed by atoms with van der Waals surface area (Å²) in [5.41, 5.74) is 1.70. The fourth-order valence-electron chi connectivity index (χ4n) is 3.08. The molecule has 1 amide bonds. The van der Waals surface area contributed by atoms with Crippen LogP contribution in [0.4, 0.5) is 14.5 Å². The number of ether oxygens (including phenoxy) is 2. The van der Waals surface area contributed by atoms with Gasteiger partial charge in [0, 0.05) is 17.2 Å². The number of amides is 1. The van der Waals surface area contributed by atoms with Crippen molar-refractivity contribution in [2.75, 3.05) is 12.4 Å². The van der Waals surface area contributed by atoms with Gasteiger partial charge in [0.25, 0.3) is 0 Å². The molecule has 0 aromatic heterocycles. The summed E-state index contributed by atoms with van der Waals surface area (Å²) in [5, 5.41) is 2.88. The van der Waals surface area contributed by atoms with Gasteiger partial charge in [-0.3, -0.25) is 4.79 Å². The highest BCUT2D eigenvalue weighted by Gasteiger charge is 2.20. The Hall–Kier alpha value is -2.89. The van der Waals surface area contributed by atoms with Gasteiger partial charge < -0.3 is 14.8 Å². The van der Waals surface area contributed by atoms with Gasteiger partial charge in [0.1, 0.15) is 11.5 Å². The van der Waals surface area contributed by atoms with E-state index in [4.69, 9.17) is 4.74 Å². The highest BCUT2D eigenvalue weighted by molar-refractivity contribution is 5.93. The fraction of sp³-hybridized carbons (Fsp3) is 0.286. The van der Waals surface area contributed by atoms with Crippen LogP contribution in [0.2, 0.25) is 0 Å². The predicted molar refractivity (Wildman–Crippen MR) is 100 cm³/mol. The van der Waals surface area contributed by atoms with E-state index in [0.717, 1.165) is 12.8 Å². The third-order valence-electron chi connectivity index (χ3n) is 4.50. The van der Waals surface area contributed by atoms with Gasteiger partial charge in [-0.05, 0) is 55.2 Å². The van der Waals surface area contributed by atoms with Crippen molar-refractivity contribution in [3.8, 4) is 22.6 Å². The van der Waals surface area contributed by atoms with E-state index in [9.17, 15) is 13.6 Å². The van der Waals surface area contributed by atoms with Gasteiger partial charge in [-0.15, -0.1) is 0 Å². The van der Waals surface area contributed by atoms with Gasteiger partial charge in [-0.25, -0.2) is 0 Å². The third kappa shape index (κ3) is 4.84.